The fraction of sp³-hybridized carbons (Fsp3) is 0.304. The average molecular weight is 532 g/mol. The monoisotopic (exact) mass is 530 g/mol. The van der Waals surface area contributed by atoms with Crippen LogP contribution in [0.2, 0.25) is 20.1 Å². The van der Waals surface area contributed by atoms with Crippen molar-refractivity contribution in [3.05, 3.63) is 66.5 Å². The van der Waals surface area contributed by atoms with Crippen molar-refractivity contribution in [2.75, 3.05) is 0 Å². The van der Waals surface area contributed by atoms with Crippen molar-refractivity contribution in [1.29, 1.82) is 0 Å². The number of hydrogen-bond acceptors (Lipinski definition) is 4. The predicted octanol–water partition coefficient (Wildman–Crippen LogP) is 7.97. The number of hydrogen-bond donors (Lipinski definition) is 0. The van der Waals surface area contributed by atoms with Crippen LogP contribution in [-0.4, -0.2) is 28.1 Å². The van der Waals surface area contributed by atoms with E-state index in [1.807, 2.05) is 27.7 Å². The lowest BCUT2D eigenvalue weighted by Crippen LogP contribution is -2.35. The summed E-state index contributed by atoms with van der Waals surface area (Å²) in [6.07, 6.45) is 1.77. The van der Waals surface area contributed by atoms with Crippen LogP contribution < -0.4 is 4.74 Å². The molecule has 0 spiro atoms. The minimum Gasteiger partial charge on any atom is -0.486 e. The van der Waals surface area contributed by atoms with E-state index >= 15 is 0 Å². The lowest BCUT2D eigenvalue weighted by molar-refractivity contribution is -0.123. The van der Waals surface area contributed by atoms with Gasteiger partial charge in [-0.1, -0.05) is 52.5 Å². The molecule has 3 rings (SSSR count). The molecule has 1 aliphatic heterocycles. The highest BCUT2D eigenvalue weighted by atomic mass is 35.5. The standard InChI is InChI=1S/C23H22Cl4N2O2S/c1-12(2)28-23-29(13(3)4)22(30)20(32-23)9-14-7-18(26)21(19(27)8-14)31-11-15-5-6-16(24)10-17(15)25/h5-10,12-13H,11H2,1-4H3/b20-9+,28-23?. The Labute approximate surface area is 212 Å². The maximum absolute atomic E-state index is 12.9. The first kappa shape index (κ1) is 25.3. The Kier molecular flexibility index (Phi) is 8.45. The molecule has 170 valence electrons. The van der Waals surface area contributed by atoms with Crippen LogP contribution in [0.3, 0.4) is 0 Å². The van der Waals surface area contributed by atoms with Crippen LogP contribution in [0.15, 0.2) is 40.2 Å². The van der Waals surface area contributed by atoms with Crippen LogP contribution >= 0.6 is 58.2 Å². The Morgan fingerprint density at radius 1 is 1.03 bits per heavy atom. The Morgan fingerprint density at radius 2 is 1.69 bits per heavy atom. The maximum Gasteiger partial charge on any atom is 0.266 e. The minimum absolute atomic E-state index is 0.000966. The van der Waals surface area contributed by atoms with Crippen LogP contribution in [-0.2, 0) is 11.4 Å². The van der Waals surface area contributed by atoms with Gasteiger partial charge in [-0.2, -0.15) is 0 Å². The number of amidine groups is 1. The Morgan fingerprint density at radius 3 is 2.25 bits per heavy atom. The number of rotatable bonds is 6. The summed E-state index contributed by atoms with van der Waals surface area (Å²) in [5.41, 5.74) is 1.45. The molecule has 0 aromatic heterocycles. The largest absolute Gasteiger partial charge is 0.486 e. The van der Waals surface area contributed by atoms with Gasteiger partial charge in [0.25, 0.3) is 5.91 Å². The van der Waals surface area contributed by atoms with Crippen molar-refractivity contribution in [3.63, 3.8) is 0 Å². The quantitative estimate of drug-likeness (QED) is 0.355. The van der Waals surface area contributed by atoms with E-state index < -0.39 is 0 Å². The van der Waals surface area contributed by atoms with Crippen molar-refractivity contribution in [3.8, 4) is 5.75 Å². The third-order valence-corrected chi connectivity index (χ3v) is 6.57. The number of carbonyl (C=O) groups is 1. The van der Waals surface area contributed by atoms with Crippen molar-refractivity contribution in [2.24, 2.45) is 4.99 Å². The van der Waals surface area contributed by atoms with Gasteiger partial charge in [-0.3, -0.25) is 14.7 Å². The molecule has 1 aliphatic rings. The van der Waals surface area contributed by atoms with E-state index in [2.05, 4.69) is 4.99 Å². The van der Waals surface area contributed by atoms with Crippen LogP contribution in [0.25, 0.3) is 6.08 Å². The number of thioether (sulfide) groups is 1. The SMILES string of the molecule is CC(C)N=C1S/C(=C/c2cc(Cl)c(OCc3ccc(Cl)cc3Cl)c(Cl)c2)C(=O)N1C(C)C. The van der Waals surface area contributed by atoms with Crippen LogP contribution in [0.1, 0.15) is 38.8 Å². The third kappa shape index (κ3) is 5.95. The van der Waals surface area contributed by atoms with Gasteiger partial charge in [0, 0.05) is 27.7 Å². The van der Waals surface area contributed by atoms with Gasteiger partial charge in [0.05, 0.1) is 15.0 Å². The number of benzene rings is 2. The zero-order valence-corrected chi connectivity index (χ0v) is 21.8. The van der Waals surface area contributed by atoms with Crippen molar-refractivity contribution in [2.45, 2.75) is 46.4 Å². The molecule has 2 aromatic rings. The Bertz CT molecular complexity index is 1080. The van der Waals surface area contributed by atoms with E-state index in [-0.39, 0.29) is 24.6 Å². The second-order valence-corrected chi connectivity index (χ2v) is 10.4. The van der Waals surface area contributed by atoms with E-state index in [9.17, 15) is 4.79 Å². The molecule has 0 aliphatic carbocycles. The minimum atomic E-state index is -0.0886. The average Bonchev–Trinajstić information content (AvgIpc) is 2.96. The van der Waals surface area contributed by atoms with Gasteiger partial charge in [-0.15, -0.1) is 0 Å². The topological polar surface area (TPSA) is 41.9 Å². The van der Waals surface area contributed by atoms with Gasteiger partial charge >= 0.3 is 0 Å². The van der Waals surface area contributed by atoms with E-state index in [0.29, 0.717) is 41.5 Å². The summed E-state index contributed by atoms with van der Waals surface area (Å²) in [7, 11) is 0. The van der Waals surface area contributed by atoms with Gasteiger partial charge in [-0.05, 0) is 75.4 Å². The predicted molar refractivity (Wildman–Crippen MR) is 137 cm³/mol. The van der Waals surface area contributed by atoms with Gasteiger partial charge in [0.15, 0.2) is 10.9 Å². The zero-order valence-electron chi connectivity index (χ0n) is 18.0. The number of nitrogens with zero attached hydrogens (tertiary/aromatic N) is 2. The van der Waals surface area contributed by atoms with E-state index in [1.165, 1.54) is 11.8 Å². The first-order valence-corrected chi connectivity index (χ1v) is 12.3. The lowest BCUT2D eigenvalue weighted by Gasteiger charge is -2.20. The molecule has 1 amide bonds. The highest BCUT2D eigenvalue weighted by Crippen LogP contribution is 2.38. The number of ether oxygens (including phenoxy) is 1. The summed E-state index contributed by atoms with van der Waals surface area (Å²) >= 11 is 26.4. The normalized spacial score (nSPS) is 16.8. The molecule has 32 heavy (non-hydrogen) atoms. The molecule has 0 saturated carbocycles. The third-order valence-electron chi connectivity index (χ3n) is 4.43. The smallest absolute Gasteiger partial charge is 0.266 e. The molecule has 2 aromatic carbocycles. The summed E-state index contributed by atoms with van der Waals surface area (Å²) in [5.74, 6) is 0.257. The zero-order chi connectivity index (χ0) is 23.6. The summed E-state index contributed by atoms with van der Waals surface area (Å²) < 4.78 is 5.82. The number of amides is 1. The Balaban J connectivity index is 1.84. The first-order valence-electron chi connectivity index (χ1n) is 9.93. The van der Waals surface area contributed by atoms with Crippen LogP contribution in [0.5, 0.6) is 5.75 Å². The molecular formula is C23H22Cl4N2O2S. The molecule has 4 nitrogen and oxygen atoms in total. The van der Waals surface area contributed by atoms with E-state index in [0.717, 1.165) is 5.56 Å². The molecule has 9 heteroatoms. The van der Waals surface area contributed by atoms with Crippen molar-refractivity contribution < 1.29 is 9.53 Å². The van der Waals surface area contributed by atoms with Gasteiger partial charge in [-0.25, -0.2) is 0 Å². The summed E-state index contributed by atoms with van der Waals surface area (Å²) in [6.45, 7) is 8.07. The van der Waals surface area contributed by atoms with E-state index in [1.54, 1.807) is 41.3 Å². The van der Waals surface area contributed by atoms with Crippen LogP contribution in [0.4, 0.5) is 0 Å². The first-order chi connectivity index (χ1) is 15.1. The van der Waals surface area contributed by atoms with Gasteiger partial charge in [0.2, 0.25) is 0 Å². The molecule has 1 heterocycles. The second-order valence-electron chi connectivity index (χ2n) is 7.72. The highest BCUT2D eigenvalue weighted by Gasteiger charge is 2.35. The summed E-state index contributed by atoms with van der Waals surface area (Å²) in [6, 6.07) is 8.67. The second kappa shape index (κ2) is 10.7. The van der Waals surface area contributed by atoms with Gasteiger partial charge in [0.1, 0.15) is 6.61 Å². The van der Waals surface area contributed by atoms with Crippen molar-refractivity contribution >= 4 is 75.3 Å². The number of aliphatic imine (C=N–C) groups is 1. The van der Waals surface area contributed by atoms with E-state index in [4.69, 9.17) is 51.1 Å². The van der Waals surface area contributed by atoms with Crippen LogP contribution in [0, 0.1) is 0 Å². The number of carbonyl (C=O) groups excluding carboxylic acids is 1. The molecule has 1 saturated heterocycles. The summed E-state index contributed by atoms with van der Waals surface area (Å²) in [4.78, 5) is 19.8. The lowest BCUT2D eigenvalue weighted by atomic mass is 10.2. The number of halogens is 4. The molecule has 0 bridgehead atoms. The fourth-order valence-corrected chi connectivity index (χ4v) is 5.30. The molecule has 1 fully saturated rings. The molecule has 0 atom stereocenters. The maximum atomic E-state index is 12.9. The fourth-order valence-electron chi connectivity index (χ4n) is 2.99. The summed E-state index contributed by atoms with van der Waals surface area (Å²) in [5, 5.41) is 2.41. The van der Waals surface area contributed by atoms with Crippen molar-refractivity contribution in [1.82, 2.24) is 4.90 Å². The molecule has 0 unspecified atom stereocenters. The molecule has 0 N–H and O–H groups in total. The highest BCUT2D eigenvalue weighted by molar-refractivity contribution is 8.18. The Hall–Kier alpha value is -1.37. The van der Waals surface area contributed by atoms with Gasteiger partial charge < -0.3 is 4.74 Å². The molecule has 0 radical (unpaired) electrons. The molecular weight excluding hydrogens is 510 g/mol.